The third-order valence-electron chi connectivity index (χ3n) is 2.59. The van der Waals surface area contributed by atoms with Crippen LogP contribution in [0.25, 0.3) is 22.6 Å². The molecular weight excluding hydrogens is 226 g/mol. The summed E-state index contributed by atoms with van der Waals surface area (Å²) in [5, 5.41) is 7.25. The van der Waals surface area contributed by atoms with E-state index >= 15 is 0 Å². The summed E-state index contributed by atoms with van der Waals surface area (Å²) >= 11 is 0. The second kappa shape index (κ2) is 4.37. The number of aromatic nitrogens is 5. The van der Waals surface area contributed by atoms with Crippen molar-refractivity contribution in [2.75, 3.05) is 0 Å². The Balaban J connectivity index is 2.00. The first-order valence-electron chi connectivity index (χ1n) is 5.59. The number of hydrogen-bond acceptors (Lipinski definition) is 4. The molecule has 0 atom stereocenters. The van der Waals surface area contributed by atoms with Crippen LogP contribution in [0.4, 0.5) is 0 Å². The van der Waals surface area contributed by atoms with Crippen molar-refractivity contribution in [3.8, 4) is 22.6 Å². The van der Waals surface area contributed by atoms with Gasteiger partial charge in [-0.3, -0.25) is 10.1 Å². The Morgan fingerprint density at radius 1 is 1.11 bits per heavy atom. The number of nitrogens with zero attached hydrogens (tertiary/aromatic N) is 4. The Hall–Kier alpha value is -2.56. The Labute approximate surface area is 104 Å². The molecule has 0 aliphatic rings. The minimum Gasteiger partial charge on any atom is -0.276 e. The Morgan fingerprint density at radius 3 is 2.83 bits per heavy atom. The van der Waals surface area contributed by atoms with E-state index in [2.05, 4.69) is 25.1 Å². The zero-order valence-electron chi connectivity index (χ0n) is 9.83. The van der Waals surface area contributed by atoms with Crippen LogP contribution in [-0.4, -0.2) is 25.1 Å². The van der Waals surface area contributed by atoms with Crippen molar-refractivity contribution >= 4 is 0 Å². The molecule has 0 unspecified atom stereocenters. The van der Waals surface area contributed by atoms with E-state index in [4.69, 9.17) is 0 Å². The van der Waals surface area contributed by atoms with E-state index in [1.165, 1.54) is 0 Å². The quantitative estimate of drug-likeness (QED) is 0.742. The first-order chi connectivity index (χ1) is 8.83. The molecule has 3 aromatic rings. The number of nitrogens with one attached hydrogen (secondary N) is 1. The van der Waals surface area contributed by atoms with Crippen LogP contribution in [0.1, 0.15) is 5.82 Å². The van der Waals surface area contributed by atoms with Gasteiger partial charge in [-0.25, -0.2) is 9.97 Å². The summed E-state index contributed by atoms with van der Waals surface area (Å²) in [5.41, 5.74) is 3.55. The first kappa shape index (κ1) is 10.6. The monoisotopic (exact) mass is 237 g/mol. The van der Waals surface area contributed by atoms with E-state index in [-0.39, 0.29) is 0 Å². The van der Waals surface area contributed by atoms with Crippen LogP contribution in [0.5, 0.6) is 0 Å². The topological polar surface area (TPSA) is 67.3 Å². The molecule has 0 aliphatic carbocycles. The van der Waals surface area contributed by atoms with Crippen molar-refractivity contribution in [3.05, 3.63) is 48.7 Å². The third-order valence-corrected chi connectivity index (χ3v) is 2.59. The molecule has 0 aromatic carbocycles. The Morgan fingerprint density at radius 2 is 2.06 bits per heavy atom. The molecule has 88 valence electrons. The second-order valence-corrected chi connectivity index (χ2v) is 3.90. The lowest BCUT2D eigenvalue weighted by atomic mass is 10.2. The highest BCUT2D eigenvalue weighted by molar-refractivity contribution is 5.65. The van der Waals surface area contributed by atoms with Crippen molar-refractivity contribution in [2.24, 2.45) is 0 Å². The van der Waals surface area contributed by atoms with Gasteiger partial charge in [-0.05, 0) is 31.2 Å². The van der Waals surface area contributed by atoms with Gasteiger partial charge in [0.15, 0.2) is 0 Å². The van der Waals surface area contributed by atoms with Crippen molar-refractivity contribution in [1.29, 1.82) is 0 Å². The summed E-state index contributed by atoms with van der Waals surface area (Å²) in [7, 11) is 0. The summed E-state index contributed by atoms with van der Waals surface area (Å²) in [6.07, 6.45) is 5.26. The van der Waals surface area contributed by atoms with Gasteiger partial charge in [-0.15, -0.1) is 0 Å². The maximum absolute atomic E-state index is 4.35. The minimum atomic E-state index is 0.741. The lowest BCUT2D eigenvalue weighted by Crippen LogP contribution is -1.89. The van der Waals surface area contributed by atoms with Crippen molar-refractivity contribution in [3.63, 3.8) is 0 Å². The normalized spacial score (nSPS) is 10.5. The van der Waals surface area contributed by atoms with Crippen LogP contribution in [0.2, 0.25) is 0 Å². The first-order valence-corrected chi connectivity index (χ1v) is 5.59. The molecule has 0 fully saturated rings. The Kier molecular flexibility index (Phi) is 2.57. The zero-order chi connectivity index (χ0) is 12.4. The van der Waals surface area contributed by atoms with Gasteiger partial charge in [-0.2, -0.15) is 5.10 Å². The van der Waals surface area contributed by atoms with Crippen LogP contribution in [-0.2, 0) is 0 Å². The molecule has 0 saturated carbocycles. The molecule has 18 heavy (non-hydrogen) atoms. The molecule has 0 spiro atoms. The fourth-order valence-electron chi connectivity index (χ4n) is 1.72. The molecule has 1 N–H and O–H groups in total. The van der Waals surface area contributed by atoms with Gasteiger partial charge in [0.2, 0.25) is 0 Å². The second-order valence-electron chi connectivity index (χ2n) is 3.90. The number of hydrogen-bond donors (Lipinski definition) is 1. The van der Waals surface area contributed by atoms with Gasteiger partial charge in [0.1, 0.15) is 5.82 Å². The van der Waals surface area contributed by atoms with Crippen LogP contribution >= 0.6 is 0 Å². The minimum absolute atomic E-state index is 0.741. The van der Waals surface area contributed by atoms with E-state index < -0.39 is 0 Å². The summed E-state index contributed by atoms with van der Waals surface area (Å²) < 4.78 is 0. The molecular formula is C13H11N5. The van der Waals surface area contributed by atoms with Crippen molar-refractivity contribution in [1.82, 2.24) is 25.1 Å². The van der Waals surface area contributed by atoms with Crippen LogP contribution in [0.15, 0.2) is 42.9 Å². The van der Waals surface area contributed by atoms with E-state index in [0.717, 1.165) is 28.5 Å². The molecule has 3 heterocycles. The molecule has 0 radical (unpaired) electrons. The molecule has 0 bridgehead atoms. The van der Waals surface area contributed by atoms with E-state index in [0.29, 0.717) is 0 Å². The summed E-state index contributed by atoms with van der Waals surface area (Å²) in [4.78, 5) is 12.5. The molecule has 5 nitrogen and oxygen atoms in total. The average Bonchev–Trinajstić information content (AvgIpc) is 2.89. The predicted octanol–water partition coefficient (Wildman–Crippen LogP) is 2.24. The number of rotatable bonds is 2. The highest BCUT2D eigenvalue weighted by Gasteiger charge is 2.06. The van der Waals surface area contributed by atoms with Gasteiger partial charge in [0.25, 0.3) is 0 Å². The molecule has 5 heteroatoms. The SMILES string of the molecule is Cc1nccc(-c2cc(-c3cccnc3)n[nH]2)n1. The van der Waals surface area contributed by atoms with Gasteiger partial charge in [0.05, 0.1) is 17.1 Å². The third kappa shape index (κ3) is 1.98. The van der Waals surface area contributed by atoms with Crippen LogP contribution < -0.4 is 0 Å². The molecule has 3 rings (SSSR count). The highest BCUT2D eigenvalue weighted by atomic mass is 15.1. The van der Waals surface area contributed by atoms with Crippen LogP contribution in [0, 0.1) is 6.92 Å². The maximum Gasteiger partial charge on any atom is 0.125 e. The van der Waals surface area contributed by atoms with Gasteiger partial charge in [-0.1, -0.05) is 0 Å². The Bertz CT molecular complexity index is 660. The maximum atomic E-state index is 4.35. The lowest BCUT2D eigenvalue weighted by molar-refractivity contribution is 1.03. The van der Waals surface area contributed by atoms with Crippen molar-refractivity contribution in [2.45, 2.75) is 6.92 Å². The average molecular weight is 237 g/mol. The van der Waals surface area contributed by atoms with E-state index in [1.54, 1.807) is 18.6 Å². The lowest BCUT2D eigenvalue weighted by Gasteiger charge is -1.96. The van der Waals surface area contributed by atoms with E-state index in [1.807, 2.05) is 31.2 Å². The fraction of sp³-hybridized carbons (Fsp3) is 0.0769. The van der Waals surface area contributed by atoms with Crippen molar-refractivity contribution < 1.29 is 0 Å². The van der Waals surface area contributed by atoms with Gasteiger partial charge < -0.3 is 0 Å². The summed E-state index contributed by atoms with van der Waals surface area (Å²) in [5.74, 6) is 0.741. The zero-order valence-corrected chi connectivity index (χ0v) is 9.83. The smallest absolute Gasteiger partial charge is 0.125 e. The fourth-order valence-corrected chi connectivity index (χ4v) is 1.72. The number of aryl methyl sites for hydroxylation is 1. The predicted molar refractivity (Wildman–Crippen MR) is 67.6 cm³/mol. The molecule has 0 aliphatic heterocycles. The summed E-state index contributed by atoms with van der Waals surface area (Å²) in [6, 6.07) is 7.67. The van der Waals surface area contributed by atoms with Gasteiger partial charge >= 0.3 is 0 Å². The molecule has 0 saturated heterocycles. The highest BCUT2D eigenvalue weighted by Crippen LogP contribution is 2.21. The molecule has 3 aromatic heterocycles. The standard InChI is InChI=1S/C13H11N5/c1-9-15-6-4-11(16-9)13-7-12(17-18-13)10-3-2-5-14-8-10/h2-8H,1H3,(H,17,18). The van der Waals surface area contributed by atoms with Gasteiger partial charge in [0, 0.05) is 24.2 Å². The number of pyridine rings is 1. The largest absolute Gasteiger partial charge is 0.276 e. The van der Waals surface area contributed by atoms with Crippen LogP contribution in [0.3, 0.4) is 0 Å². The van der Waals surface area contributed by atoms with E-state index in [9.17, 15) is 0 Å². The number of H-pyrrole nitrogens is 1. The summed E-state index contributed by atoms with van der Waals surface area (Å²) in [6.45, 7) is 1.86. The molecule has 0 amide bonds. The number of aromatic amines is 1.